The summed E-state index contributed by atoms with van der Waals surface area (Å²) < 4.78 is 32.5. The lowest BCUT2D eigenvalue weighted by atomic mass is 9.99. The lowest BCUT2D eigenvalue weighted by Crippen LogP contribution is -2.30. The van der Waals surface area contributed by atoms with Gasteiger partial charge in [-0.2, -0.15) is 0 Å². The summed E-state index contributed by atoms with van der Waals surface area (Å²) >= 11 is 0. The molecule has 326 valence electrons. The molecule has 0 saturated heterocycles. The first-order valence-corrected chi connectivity index (χ1v) is 22.7. The quantitative estimate of drug-likeness (QED) is 0.0173. The summed E-state index contributed by atoms with van der Waals surface area (Å²) in [5.41, 5.74) is 0. The third-order valence-corrected chi connectivity index (χ3v) is 10.2. The summed E-state index contributed by atoms with van der Waals surface area (Å²) in [5.74, 6) is -0.334. The van der Waals surface area contributed by atoms with Crippen LogP contribution in [0.3, 0.4) is 0 Å². The molecule has 56 heavy (non-hydrogen) atoms. The molecule has 0 rings (SSSR count). The molecule has 0 aromatic rings. The standard InChI is InChI=1S/C43H77O12P/c1-4-6-20-27-38(45)28-22-17-13-11-14-18-23-29-39(46)30-25-32-42(48)52-35-41(36-54-56(50,51)53-34-40(47)33-44)55-43(49)31-24-19-15-10-8-7-9-12-16-21-26-37(3)5-2/h13-14,17-18,22-23,28-29,37-41,44-47H,4-12,15-16,19-21,24-27,30-36H2,1-3H3,(H,50,51)/b17-13-,18-14-,28-22+,29-23+/t37?,38-,39-,40-,41+/m0/s1. The van der Waals surface area contributed by atoms with Gasteiger partial charge in [-0.3, -0.25) is 18.6 Å². The Kier molecular flexibility index (Phi) is 35.7. The second kappa shape index (κ2) is 37.1. The number of phosphoric acid groups is 1. The van der Waals surface area contributed by atoms with Crippen LogP contribution >= 0.6 is 7.82 Å². The Bertz CT molecular complexity index is 1120. The van der Waals surface area contributed by atoms with Gasteiger partial charge in [-0.15, -0.1) is 0 Å². The number of carbonyl (C=O) groups excluding carboxylic acids is 2. The van der Waals surface area contributed by atoms with Gasteiger partial charge in [-0.1, -0.05) is 159 Å². The molecule has 0 bridgehead atoms. The second-order valence-corrected chi connectivity index (χ2v) is 16.1. The zero-order valence-corrected chi connectivity index (χ0v) is 35.6. The SMILES string of the molecule is CCCCC[C@H](O)/C=C/C=C\C/C=C\C=C\[C@H](O)CCCC(=O)OC[C@H](COP(=O)(O)OC[C@@H](O)CO)OC(=O)CCCCCCCCCCCCC(C)CC. The van der Waals surface area contributed by atoms with Gasteiger partial charge in [0.05, 0.1) is 32.0 Å². The normalized spacial score (nSPS) is 16.1. The van der Waals surface area contributed by atoms with Crippen LogP contribution in [-0.2, 0) is 32.7 Å². The molecule has 0 radical (unpaired) electrons. The molecule has 0 saturated carbocycles. The van der Waals surface area contributed by atoms with Crippen LogP contribution in [0.4, 0.5) is 0 Å². The number of unbranched alkanes of at least 4 members (excludes halogenated alkanes) is 11. The molecular weight excluding hydrogens is 739 g/mol. The highest BCUT2D eigenvalue weighted by molar-refractivity contribution is 7.47. The van der Waals surface area contributed by atoms with Crippen LogP contribution in [0.2, 0.25) is 0 Å². The van der Waals surface area contributed by atoms with E-state index in [1.54, 1.807) is 18.2 Å². The molecule has 0 amide bonds. The van der Waals surface area contributed by atoms with Crippen LogP contribution < -0.4 is 0 Å². The molecule has 0 aliphatic rings. The summed E-state index contributed by atoms with van der Waals surface area (Å²) in [6.07, 6.45) is 30.1. The second-order valence-electron chi connectivity index (χ2n) is 14.7. The van der Waals surface area contributed by atoms with Gasteiger partial charge in [0.25, 0.3) is 0 Å². The van der Waals surface area contributed by atoms with Crippen molar-refractivity contribution in [2.75, 3.05) is 26.4 Å². The van der Waals surface area contributed by atoms with E-state index in [1.807, 2.05) is 30.4 Å². The van der Waals surface area contributed by atoms with Crippen molar-refractivity contribution in [3.63, 3.8) is 0 Å². The molecule has 13 heteroatoms. The fourth-order valence-electron chi connectivity index (χ4n) is 5.48. The Morgan fingerprint density at radius 1 is 0.643 bits per heavy atom. The van der Waals surface area contributed by atoms with E-state index in [4.69, 9.17) is 19.1 Å². The van der Waals surface area contributed by atoms with E-state index < -0.39 is 70.6 Å². The molecule has 12 nitrogen and oxygen atoms in total. The van der Waals surface area contributed by atoms with Gasteiger partial charge >= 0.3 is 19.8 Å². The molecule has 0 aromatic heterocycles. The molecule has 0 aliphatic carbocycles. The summed E-state index contributed by atoms with van der Waals surface area (Å²) in [5, 5.41) is 38.4. The highest BCUT2D eigenvalue weighted by Gasteiger charge is 2.27. The number of allylic oxidation sites excluding steroid dienone is 6. The average molecular weight is 817 g/mol. The van der Waals surface area contributed by atoms with Gasteiger partial charge in [0.15, 0.2) is 6.10 Å². The summed E-state index contributed by atoms with van der Waals surface area (Å²) in [7, 11) is -4.67. The Morgan fingerprint density at radius 3 is 1.73 bits per heavy atom. The van der Waals surface area contributed by atoms with Gasteiger partial charge < -0.3 is 34.8 Å². The molecular formula is C43H77O12P. The number of aliphatic hydroxyl groups is 4. The minimum Gasteiger partial charge on any atom is -0.462 e. The summed E-state index contributed by atoms with van der Waals surface area (Å²) in [4.78, 5) is 35.0. The highest BCUT2D eigenvalue weighted by Crippen LogP contribution is 2.43. The van der Waals surface area contributed by atoms with Crippen molar-refractivity contribution in [2.24, 2.45) is 5.92 Å². The number of carbonyl (C=O) groups is 2. The number of rotatable bonds is 38. The van der Waals surface area contributed by atoms with E-state index in [0.717, 1.165) is 50.9 Å². The van der Waals surface area contributed by atoms with Crippen molar-refractivity contribution in [3.05, 3.63) is 48.6 Å². The molecule has 0 aliphatic heterocycles. The Morgan fingerprint density at radius 2 is 1.16 bits per heavy atom. The van der Waals surface area contributed by atoms with Crippen LogP contribution in [0.1, 0.15) is 156 Å². The maximum Gasteiger partial charge on any atom is 0.472 e. The predicted octanol–water partition coefficient (Wildman–Crippen LogP) is 8.74. The van der Waals surface area contributed by atoms with Crippen LogP contribution in [0.15, 0.2) is 48.6 Å². The fourth-order valence-corrected chi connectivity index (χ4v) is 6.27. The summed E-state index contributed by atoms with van der Waals surface area (Å²) in [6, 6.07) is 0. The van der Waals surface area contributed by atoms with Gasteiger partial charge in [-0.25, -0.2) is 4.57 Å². The smallest absolute Gasteiger partial charge is 0.462 e. The number of esters is 2. The monoisotopic (exact) mass is 817 g/mol. The van der Waals surface area contributed by atoms with Crippen molar-refractivity contribution in [2.45, 2.75) is 180 Å². The topological polar surface area (TPSA) is 189 Å². The number of hydrogen-bond donors (Lipinski definition) is 5. The number of phosphoric ester groups is 1. The van der Waals surface area contributed by atoms with E-state index in [2.05, 4.69) is 25.3 Å². The molecule has 2 unspecified atom stereocenters. The van der Waals surface area contributed by atoms with Crippen LogP contribution in [0, 0.1) is 5.92 Å². The van der Waals surface area contributed by atoms with Crippen LogP contribution in [-0.4, -0.2) is 88.1 Å². The number of hydrogen-bond acceptors (Lipinski definition) is 11. The van der Waals surface area contributed by atoms with E-state index in [9.17, 15) is 34.4 Å². The van der Waals surface area contributed by atoms with Gasteiger partial charge in [0.1, 0.15) is 12.7 Å². The zero-order valence-electron chi connectivity index (χ0n) is 34.7. The lowest BCUT2D eigenvalue weighted by Gasteiger charge is -2.20. The number of aliphatic hydroxyl groups excluding tert-OH is 4. The van der Waals surface area contributed by atoms with Crippen molar-refractivity contribution >= 4 is 19.8 Å². The lowest BCUT2D eigenvalue weighted by molar-refractivity contribution is -0.161. The van der Waals surface area contributed by atoms with Crippen molar-refractivity contribution in [1.82, 2.24) is 0 Å². The first kappa shape index (κ1) is 53.9. The van der Waals surface area contributed by atoms with Crippen LogP contribution in [0.5, 0.6) is 0 Å². The Labute approximate surface area is 338 Å². The largest absolute Gasteiger partial charge is 0.472 e. The van der Waals surface area contributed by atoms with E-state index in [0.29, 0.717) is 25.7 Å². The zero-order chi connectivity index (χ0) is 41.7. The first-order chi connectivity index (χ1) is 26.9. The van der Waals surface area contributed by atoms with Crippen molar-refractivity contribution in [1.29, 1.82) is 0 Å². The van der Waals surface area contributed by atoms with Crippen molar-refractivity contribution in [3.8, 4) is 0 Å². The van der Waals surface area contributed by atoms with Gasteiger partial charge in [0.2, 0.25) is 0 Å². The van der Waals surface area contributed by atoms with E-state index >= 15 is 0 Å². The third-order valence-electron chi connectivity index (χ3n) is 9.23. The van der Waals surface area contributed by atoms with Crippen molar-refractivity contribution < 1.29 is 58.0 Å². The highest BCUT2D eigenvalue weighted by atomic mass is 31.2. The fraction of sp³-hybridized carbons (Fsp3) is 0.767. The minimum atomic E-state index is -4.67. The molecule has 0 spiro atoms. The maximum atomic E-state index is 12.6. The molecule has 0 heterocycles. The molecule has 0 aromatic carbocycles. The minimum absolute atomic E-state index is 0.00718. The molecule has 0 fully saturated rings. The Hall–Kier alpha value is -2.15. The molecule has 6 atom stereocenters. The predicted molar refractivity (Wildman–Crippen MR) is 222 cm³/mol. The third kappa shape index (κ3) is 36.2. The van der Waals surface area contributed by atoms with Crippen LogP contribution in [0.25, 0.3) is 0 Å². The molecule has 5 N–H and O–H groups in total. The summed E-state index contributed by atoms with van der Waals surface area (Å²) in [6.45, 7) is 4.34. The van der Waals surface area contributed by atoms with Gasteiger partial charge in [0, 0.05) is 12.8 Å². The Balaban J connectivity index is 4.56. The van der Waals surface area contributed by atoms with E-state index in [-0.39, 0.29) is 12.8 Å². The average Bonchev–Trinajstić information content (AvgIpc) is 3.17. The first-order valence-electron chi connectivity index (χ1n) is 21.2. The van der Waals surface area contributed by atoms with E-state index in [1.165, 1.54) is 51.4 Å². The maximum absolute atomic E-state index is 12.6. The number of ether oxygens (including phenoxy) is 2. The van der Waals surface area contributed by atoms with Gasteiger partial charge in [-0.05, 0) is 38.0 Å².